The average molecular weight is 305 g/mol. The Morgan fingerprint density at radius 2 is 2.33 bits per heavy atom. The highest BCUT2D eigenvalue weighted by Crippen LogP contribution is 2.26. The molecule has 0 bridgehead atoms. The summed E-state index contributed by atoms with van der Waals surface area (Å²) in [5, 5.41) is 34.3. The molecule has 1 aromatic carbocycles. The lowest BCUT2D eigenvalue weighted by Crippen LogP contribution is -2.05. The third kappa shape index (κ3) is 3.16. The highest BCUT2D eigenvalue weighted by atomic mass is 35.5. The summed E-state index contributed by atoms with van der Waals surface area (Å²) >= 11 is 5.85. The van der Waals surface area contributed by atoms with Gasteiger partial charge in [0.15, 0.2) is 0 Å². The molecule has 0 spiro atoms. The SMILES string of the molecule is Cc1cc(Cl)cc(C(=O)O)c1NC=C(C#N)c1nn[nH]n1. The summed E-state index contributed by atoms with van der Waals surface area (Å²) in [4.78, 5) is 11.2. The number of halogens is 1. The predicted octanol–water partition coefficient (Wildman–Crippen LogP) is 1.84. The topological polar surface area (TPSA) is 128 Å². The Hall–Kier alpha value is -2.92. The molecule has 8 nitrogen and oxygen atoms in total. The number of carbonyl (C=O) groups is 1. The molecule has 0 aliphatic rings. The zero-order chi connectivity index (χ0) is 15.4. The van der Waals surface area contributed by atoms with Crippen LogP contribution in [-0.4, -0.2) is 31.7 Å². The molecule has 106 valence electrons. The Bertz CT molecular complexity index is 748. The van der Waals surface area contributed by atoms with Gasteiger partial charge in [-0.15, -0.1) is 10.2 Å². The first-order valence-corrected chi connectivity index (χ1v) is 6.04. The van der Waals surface area contributed by atoms with E-state index in [2.05, 4.69) is 25.9 Å². The molecule has 0 amide bonds. The number of carboxylic acids is 1. The summed E-state index contributed by atoms with van der Waals surface area (Å²) in [6, 6.07) is 4.84. The quantitative estimate of drug-likeness (QED) is 0.735. The van der Waals surface area contributed by atoms with Crippen molar-refractivity contribution in [2.24, 2.45) is 0 Å². The van der Waals surface area contributed by atoms with E-state index < -0.39 is 5.97 Å². The zero-order valence-electron chi connectivity index (χ0n) is 10.8. The van der Waals surface area contributed by atoms with Gasteiger partial charge >= 0.3 is 5.97 Å². The van der Waals surface area contributed by atoms with Crippen LogP contribution >= 0.6 is 11.6 Å². The van der Waals surface area contributed by atoms with Crippen molar-refractivity contribution >= 4 is 28.8 Å². The lowest BCUT2D eigenvalue weighted by atomic mass is 10.1. The van der Waals surface area contributed by atoms with E-state index in [0.717, 1.165) is 0 Å². The van der Waals surface area contributed by atoms with Gasteiger partial charge in [0.2, 0.25) is 5.82 Å². The number of aryl methyl sites for hydroxylation is 1. The van der Waals surface area contributed by atoms with Crippen molar-refractivity contribution in [3.05, 3.63) is 40.3 Å². The largest absolute Gasteiger partial charge is 0.478 e. The number of hydrogen-bond acceptors (Lipinski definition) is 6. The van der Waals surface area contributed by atoms with Crippen LogP contribution < -0.4 is 5.32 Å². The van der Waals surface area contributed by atoms with Crippen LogP contribution in [0.1, 0.15) is 21.7 Å². The van der Waals surface area contributed by atoms with Crippen molar-refractivity contribution in [1.29, 1.82) is 5.26 Å². The number of tetrazole rings is 1. The van der Waals surface area contributed by atoms with Gasteiger partial charge in [-0.05, 0) is 29.8 Å². The smallest absolute Gasteiger partial charge is 0.337 e. The summed E-state index contributed by atoms with van der Waals surface area (Å²) in [7, 11) is 0. The van der Waals surface area contributed by atoms with Crippen molar-refractivity contribution < 1.29 is 9.90 Å². The van der Waals surface area contributed by atoms with Crippen LogP contribution in [0.3, 0.4) is 0 Å². The Morgan fingerprint density at radius 3 is 2.90 bits per heavy atom. The number of nitrogens with one attached hydrogen (secondary N) is 2. The first-order valence-electron chi connectivity index (χ1n) is 5.67. The van der Waals surface area contributed by atoms with Crippen LogP contribution in [-0.2, 0) is 0 Å². The molecule has 0 aliphatic heterocycles. The lowest BCUT2D eigenvalue weighted by Gasteiger charge is -2.10. The monoisotopic (exact) mass is 304 g/mol. The minimum absolute atomic E-state index is 0.00153. The number of H-pyrrole nitrogens is 1. The van der Waals surface area contributed by atoms with Crippen molar-refractivity contribution in [3.8, 4) is 6.07 Å². The number of benzene rings is 1. The Labute approximate surface area is 124 Å². The number of carboxylic acid groups (broad SMARTS) is 1. The van der Waals surface area contributed by atoms with Gasteiger partial charge in [-0.25, -0.2) is 4.79 Å². The summed E-state index contributed by atoms with van der Waals surface area (Å²) < 4.78 is 0. The highest BCUT2D eigenvalue weighted by Gasteiger charge is 2.14. The standard InChI is InChI=1S/C12H9ClN6O2/c1-6-2-8(13)3-9(12(20)21)10(6)15-5-7(4-14)11-16-18-19-17-11/h2-3,5,15H,1H3,(H,20,21)(H,16,17,18,19). The number of hydrogen-bond donors (Lipinski definition) is 3. The maximum Gasteiger partial charge on any atom is 0.337 e. The fourth-order valence-corrected chi connectivity index (χ4v) is 1.94. The van der Waals surface area contributed by atoms with E-state index in [1.807, 2.05) is 6.07 Å². The van der Waals surface area contributed by atoms with Gasteiger partial charge in [0.1, 0.15) is 11.6 Å². The highest BCUT2D eigenvalue weighted by molar-refractivity contribution is 6.31. The van der Waals surface area contributed by atoms with Gasteiger partial charge < -0.3 is 10.4 Å². The molecule has 0 fully saturated rings. The summed E-state index contributed by atoms with van der Waals surface area (Å²) in [5.74, 6) is -1.02. The molecular formula is C12H9ClN6O2. The fraction of sp³-hybridized carbons (Fsp3) is 0.0833. The van der Waals surface area contributed by atoms with Gasteiger partial charge in [-0.1, -0.05) is 11.6 Å². The van der Waals surface area contributed by atoms with E-state index in [1.54, 1.807) is 13.0 Å². The number of aromatic amines is 1. The normalized spacial score (nSPS) is 11.0. The number of nitriles is 1. The summed E-state index contributed by atoms with van der Waals surface area (Å²) in [5.41, 5.74) is 1.07. The molecule has 0 saturated heterocycles. The van der Waals surface area contributed by atoms with Crippen LogP contribution in [0.15, 0.2) is 18.3 Å². The first-order chi connectivity index (χ1) is 10.0. The second kappa shape index (κ2) is 6.02. The van der Waals surface area contributed by atoms with Crippen LogP contribution in [0.4, 0.5) is 5.69 Å². The van der Waals surface area contributed by atoms with E-state index in [1.165, 1.54) is 12.3 Å². The van der Waals surface area contributed by atoms with Gasteiger partial charge in [0.05, 0.1) is 11.3 Å². The van der Waals surface area contributed by atoms with Crippen molar-refractivity contribution in [1.82, 2.24) is 20.6 Å². The summed E-state index contributed by atoms with van der Waals surface area (Å²) in [6.07, 6.45) is 1.31. The predicted molar refractivity (Wildman–Crippen MR) is 74.5 cm³/mol. The molecule has 1 aromatic heterocycles. The lowest BCUT2D eigenvalue weighted by molar-refractivity contribution is 0.0698. The molecular weight excluding hydrogens is 296 g/mol. The Kier molecular flexibility index (Phi) is 4.15. The molecule has 0 saturated carbocycles. The van der Waals surface area contributed by atoms with E-state index in [0.29, 0.717) is 16.3 Å². The molecule has 0 radical (unpaired) electrons. The fourth-order valence-electron chi connectivity index (χ4n) is 1.67. The number of nitrogens with zero attached hydrogens (tertiary/aromatic N) is 4. The molecule has 1 heterocycles. The second-order valence-electron chi connectivity index (χ2n) is 4.00. The minimum Gasteiger partial charge on any atom is -0.478 e. The molecule has 2 rings (SSSR count). The molecule has 0 unspecified atom stereocenters. The van der Waals surface area contributed by atoms with Crippen LogP contribution in [0.5, 0.6) is 0 Å². The third-order valence-corrected chi connectivity index (χ3v) is 2.82. The zero-order valence-corrected chi connectivity index (χ0v) is 11.5. The number of anilines is 1. The van der Waals surface area contributed by atoms with E-state index in [-0.39, 0.29) is 17.0 Å². The van der Waals surface area contributed by atoms with Gasteiger partial charge in [-0.2, -0.15) is 10.5 Å². The number of aromatic carboxylic acids is 1. The van der Waals surface area contributed by atoms with Gasteiger partial charge in [-0.3, -0.25) is 0 Å². The van der Waals surface area contributed by atoms with Crippen molar-refractivity contribution in [3.63, 3.8) is 0 Å². The molecule has 0 aliphatic carbocycles. The molecule has 0 atom stereocenters. The van der Waals surface area contributed by atoms with E-state index in [4.69, 9.17) is 16.9 Å². The third-order valence-electron chi connectivity index (χ3n) is 2.60. The second-order valence-corrected chi connectivity index (χ2v) is 4.44. The van der Waals surface area contributed by atoms with Crippen LogP contribution in [0, 0.1) is 18.3 Å². The van der Waals surface area contributed by atoms with Gasteiger partial charge in [0, 0.05) is 11.2 Å². The maximum absolute atomic E-state index is 11.2. The Balaban J connectivity index is 2.40. The first kappa shape index (κ1) is 14.5. The maximum atomic E-state index is 11.2. The number of aromatic nitrogens is 4. The van der Waals surface area contributed by atoms with Crippen LogP contribution in [0.25, 0.3) is 5.57 Å². The van der Waals surface area contributed by atoms with Crippen molar-refractivity contribution in [2.75, 3.05) is 5.32 Å². The summed E-state index contributed by atoms with van der Waals surface area (Å²) in [6.45, 7) is 1.70. The molecule has 3 N–H and O–H groups in total. The van der Waals surface area contributed by atoms with Crippen molar-refractivity contribution in [2.45, 2.75) is 6.92 Å². The van der Waals surface area contributed by atoms with E-state index in [9.17, 15) is 9.90 Å². The minimum atomic E-state index is -1.13. The average Bonchev–Trinajstić information content (AvgIpc) is 2.94. The molecule has 2 aromatic rings. The molecule has 21 heavy (non-hydrogen) atoms. The number of rotatable bonds is 4. The number of allylic oxidation sites excluding steroid dienone is 1. The Morgan fingerprint density at radius 1 is 1.57 bits per heavy atom. The van der Waals surface area contributed by atoms with E-state index >= 15 is 0 Å². The van der Waals surface area contributed by atoms with Gasteiger partial charge in [0.25, 0.3) is 0 Å². The molecule has 9 heteroatoms. The van der Waals surface area contributed by atoms with Crippen LogP contribution in [0.2, 0.25) is 5.02 Å².